The molecule has 1 saturated carbocycles. The molecule has 0 N–H and O–H groups in total. The first-order valence-corrected chi connectivity index (χ1v) is 9.22. The van der Waals surface area contributed by atoms with Crippen molar-refractivity contribution in [1.29, 1.82) is 0 Å². The monoisotopic (exact) mass is 328 g/mol. The molecule has 0 radical (unpaired) electrons. The normalized spacial score (nSPS) is 14.4. The minimum Gasteiger partial charge on any atom is -0.303 e. The van der Waals surface area contributed by atoms with Gasteiger partial charge in [0.1, 0.15) is 10.8 Å². The lowest BCUT2D eigenvalue weighted by molar-refractivity contribution is 0.644. The molecule has 2 aromatic heterocycles. The number of thiazole rings is 1. The van der Waals surface area contributed by atoms with Gasteiger partial charge in [0, 0.05) is 22.7 Å². The molecule has 4 rings (SSSR count). The first-order chi connectivity index (χ1) is 10.8. The van der Waals surface area contributed by atoms with Crippen LogP contribution in [-0.2, 0) is 5.75 Å². The van der Waals surface area contributed by atoms with Crippen LogP contribution in [0.2, 0.25) is 0 Å². The summed E-state index contributed by atoms with van der Waals surface area (Å²) in [5.74, 6) is 1.86. The fourth-order valence-electron chi connectivity index (χ4n) is 2.43. The van der Waals surface area contributed by atoms with E-state index in [-0.39, 0.29) is 0 Å². The third-order valence-electron chi connectivity index (χ3n) is 3.67. The largest absolute Gasteiger partial charge is 0.303 e. The molecule has 1 fully saturated rings. The van der Waals surface area contributed by atoms with E-state index >= 15 is 0 Å². The number of aromatic nitrogens is 4. The molecular weight excluding hydrogens is 312 g/mol. The van der Waals surface area contributed by atoms with Crippen LogP contribution in [-0.4, -0.2) is 19.7 Å². The molecule has 22 heavy (non-hydrogen) atoms. The zero-order valence-corrected chi connectivity index (χ0v) is 13.9. The number of thioether (sulfide) groups is 1. The molecule has 1 aromatic carbocycles. The van der Waals surface area contributed by atoms with E-state index in [1.807, 2.05) is 25.1 Å². The lowest BCUT2D eigenvalue weighted by Gasteiger charge is -2.05. The third-order valence-corrected chi connectivity index (χ3v) is 5.59. The number of nitrogens with zero attached hydrogens (tertiary/aromatic N) is 4. The summed E-state index contributed by atoms with van der Waals surface area (Å²) >= 11 is 3.43. The van der Waals surface area contributed by atoms with Gasteiger partial charge in [0.15, 0.2) is 5.16 Å². The van der Waals surface area contributed by atoms with Crippen LogP contribution < -0.4 is 0 Å². The van der Waals surface area contributed by atoms with Gasteiger partial charge < -0.3 is 4.57 Å². The van der Waals surface area contributed by atoms with Crippen molar-refractivity contribution in [2.75, 3.05) is 0 Å². The Morgan fingerprint density at radius 1 is 1.23 bits per heavy atom. The van der Waals surface area contributed by atoms with Crippen LogP contribution >= 0.6 is 23.1 Å². The molecule has 0 amide bonds. The second kappa shape index (κ2) is 5.85. The summed E-state index contributed by atoms with van der Waals surface area (Å²) in [6.07, 6.45) is 2.50. The minimum absolute atomic E-state index is 0.618. The molecule has 0 aliphatic heterocycles. The van der Waals surface area contributed by atoms with Crippen molar-refractivity contribution in [3.63, 3.8) is 0 Å². The van der Waals surface area contributed by atoms with Crippen LogP contribution in [0.15, 0.2) is 40.9 Å². The SMILES string of the molecule is Cc1nnc(SCc2csc(-c3ccccc3)n2)n1C1CC1. The number of hydrogen-bond acceptors (Lipinski definition) is 5. The first kappa shape index (κ1) is 14.0. The van der Waals surface area contributed by atoms with Crippen molar-refractivity contribution in [3.8, 4) is 10.6 Å². The average Bonchev–Trinajstić information content (AvgIpc) is 3.15. The van der Waals surface area contributed by atoms with E-state index in [2.05, 4.69) is 32.3 Å². The molecule has 2 heterocycles. The van der Waals surface area contributed by atoms with Gasteiger partial charge in [-0.25, -0.2) is 4.98 Å². The van der Waals surface area contributed by atoms with E-state index in [4.69, 9.17) is 4.98 Å². The molecule has 1 aliphatic rings. The topological polar surface area (TPSA) is 43.6 Å². The van der Waals surface area contributed by atoms with Gasteiger partial charge in [-0.3, -0.25) is 0 Å². The predicted molar refractivity (Wildman–Crippen MR) is 90.1 cm³/mol. The van der Waals surface area contributed by atoms with E-state index in [1.54, 1.807) is 23.1 Å². The Morgan fingerprint density at radius 2 is 2.05 bits per heavy atom. The fraction of sp³-hybridized carbons (Fsp3) is 0.312. The van der Waals surface area contributed by atoms with Crippen molar-refractivity contribution in [2.24, 2.45) is 0 Å². The molecule has 0 spiro atoms. The molecule has 112 valence electrons. The van der Waals surface area contributed by atoms with Crippen LogP contribution in [0.5, 0.6) is 0 Å². The van der Waals surface area contributed by atoms with Crippen LogP contribution in [0, 0.1) is 6.92 Å². The lowest BCUT2D eigenvalue weighted by atomic mass is 10.2. The molecule has 4 nitrogen and oxygen atoms in total. The maximum absolute atomic E-state index is 4.73. The summed E-state index contributed by atoms with van der Waals surface area (Å²) < 4.78 is 2.27. The zero-order valence-electron chi connectivity index (χ0n) is 12.3. The minimum atomic E-state index is 0.618. The fourth-order valence-corrected chi connectivity index (χ4v) is 4.30. The van der Waals surface area contributed by atoms with Gasteiger partial charge in [-0.1, -0.05) is 42.1 Å². The second-order valence-electron chi connectivity index (χ2n) is 5.43. The van der Waals surface area contributed by atoms with Crippen LogP contribution in [0.25, 0.3) is 10.6 Å². The first-order valence-electron chi connectivity index (χ1n) is 7.35. The maximum atomic E-state index is 4.73. The summed E-state index contributed by atoms with van der Waals surface area (Å²) in [6.45, 7) is 2.03. The molecule has 6 heteroatoms. The molecule has 3 aromatic rings. The molecule has 0 bridgehead atoms. The second-order valence-corrected chi connectivity index (χ2v) is 7.23. The Labute approximate surface area is 137 Å². The highest BCUT2D eigenvalue weighted by molar-refractivity contribution is 7.98. The predicted octanol–water partition coefficient (Wildman–Crippen LogP) is 4.34. The zero-order chi connectivity index (χ0) is 14.9. The smallest absolute Gasteiger partial charge is 0.191 e. The van der Waals surface area contributed by atoms with E-state index < -0.39 is 0 Å². The lowest BCUT2D eigenvalue weighted by Crippen LogP contribution is -1.99. The van der Waals surface area contributed by atoms with Gasteiger partial charge in [0.05, 0.1) is 5.69 Å². The highest BCUT2D eigenvalue weighted by Gasteiger charge is 2.28. The number of aryl methyl sites for hydroxylation is 1. The average molecular weight is 328 g/mol. The highest BCUT2D eigenvalue weighted by atomic mass is 32.2. The number of rotatable bonds is 5. The van der Waals surface area contributed by atoms with Crippen molar-refractivity contribution in [3.05, 3.63) is 47.2 Å². The number of benzene rings is 1. The van der Waals surface area contributed by atoms with Gasteiger partial charge in [-0.05, 0) is 19.8 Å². The Bertz CT molecular complexity index is 775. The summed E-state index contributed by atoms with van der Waals surface area (Å²) in [5.41, 5.74) is 2.29. The molecule has 0 saturated heterocycles. The van der Waals surface area contributed by atoms with Gasteiger partial charge in [0.2, 0.25) is 0 Å². The summed E-state index contributed by atoms with van der Waals surface area (Å²) in [7, 11) is 0. The van der Waals surface area contributed by atoms with Crippen LogP contribution in [0.1, 0.15) is 30.4 Å². The van der Waals surface area contributed by atoms with Gasteiger partial charge in [-0.2, -0.15) is 0 Å². The van der Waals surface area contributed by atoms with Crippen molar-refractivity contribution in [1.82, 2.24) is 19.7 Å². The van der Waals surface area contributed by atoms with Crippen molar-refractivity contribution in [2.45, 2.75) is 36.7 Å². The number of hydrogen-bond donors (Lipinski definition) is 0. The van der Waals surface area contributed by atoms with Gasteiger partial charge in [0.25, 0.3) is 0 Å². The third kappa shape index (κ3) is 2.80. The summed E-state index contributed by atoms with van der Waals surface area (Å²) in [4.78, 5) is 4.73. The summed E-state index contributed by atoms with van der Waals surface area (Å²) in [6, 6.07) is 10.9. The van der Waals surface area contributed by atoms with Crippen molar-refractivity contribution >= 4 is 23.1 Å². The highest BCUT2D eigenvalue weighted by Crippen LogP contribution is 2.39. The maximum Gasteiger partial charge on any atom is 0.191 e. The molecule has 1 aliphatic carbocycles. The van der Waals surface area contributed by atoms with Crippen molar-refractivity contribution < 1.29 is 0 Å². The van der Waals surface area contributed by atoms with E-state index in [9.17, 15) is 0 Å². The molecule has 0 unspecified atom stereocenters. The van der Waals surface area contributed by atoms with Gasteiger partial charge >= 0.3 is 0 Å². The summed E-state index contributed by atoms with van der Waals surface area (Å²) in [5, 5.41) is 12.8. The quantitative estimate of drug-likeness (QED) is 0.654. The molecular formula is C16H16N4S2. The Hall–Kier alpha value is -1.66. The van der Waals surface area contributed by atoms with Gasteiger partial charge in [-0.15, -0.1) is 21.5 Å². The van der Waals surface area contributed by atoms with E-state index in [0.717, 1.165) is 27.4 Å². The van der Waals surface area contributed by atoms with E-state index in [0.29, 0.717) is 6.04 Å². The Morgan fingerprint density at radius 3 is 2.82 bits per heavy atom. The molecule has 0 atom stereocenters. The van der Waals surface area contributed by atoms with Crippen LogP contribution in [0.4, 0.5) is 0 Å². The standard InChI is InChI=1S/C16H16N4S2/c1-11-18-19-16(20(11)14-7-8-14)22-10-13-9-21-15(17-13)12-5-3-2-4-6-12/h2-6,9,14H,7-8,10H2,1H3. The van der Waals surface area contributed by atoms with Crippen LogP contribution in [0.3, 0.4) is 0 Å². The Kier molecular flexibility index (Phi) is 3.72. The Balaban J connectivity index is 1.48. The van der Waals surface area contributed by atoms with E-state index in [1.165, 1.54) is 18.4 Å².